The van der Waals surface area contributed by atoms with Gasteiger partial charge in [-0.15, -0.1) is 0 Å². The lowest BCUT2D eigenvalue weighted by molar-refractivity contribution is -0.117. The Hall–Kier alpha value is -2.09. The Morgan fingerprint density at radius 3 is 2.30 bits per heavy atom. The number of carbonyl (C=O) groups is 2. The summed E-state index contributed by atoms with van der Waals surface area (Å²) < 4.78 is 28.3. The number of methoxy groups -OCH3 is 1. The number of rotatable bonds is 6. The Labute approximate surface area is 117 Å². The number of nitrogens with two attached hydrogens (primary N) is 1. The van der Waals surface area contributed by atoms with Crippen LogP contribution in [0, 0.1) is 0 Å². The molecule has 0 aliphatic rings. The van der Waals surface area contributed by atoms with Crippen LogP contribution in [-0.2, 0) is 19.4 Å². The van der Waals surface area contributed by atoms with Gasteiger partial charge in [0.2, 0.25) is 11.8 Å². The Kier molecular flexibility index (Phi) is 5.09. The van der Waals surface area contributed by atoms with Crippen molar-refractivity contribution >= 4 is 27.3 Å². The van der Waals surface area contributed by atoms with E-state index in [1.54, 1.807) is 24.3 Å². The first-order valence-electron chi connectivity index (χ1n) is 5.71. The van der Waals surface area contributed by atoms with Crippen molar-refractivity contribution < 1.29 is 22.7 Å². The van der Waals surface area contributed by atoms with Crippen LogP contribution < -0.4 is 15.8 Å². The molecule has 0 aliphatic carbocycles. The summed E-state index contributed by atoms with van der Waals surface area (Å²) in [5.41, 5.74) is 5.35. The van der Waals surface area contributed by atoms with E-state index < -0.39 is 32.7 Å². The fourth-order valence-electron chi connectivity index (χ4n) is 1.36. The van der Waals surface area contributed by atoms with E-state index in [-0.39, 0.29) is 0 Å². The van der Waals surface area contributed by atoms with E-state index >= 15 is 0 Å². The zero-order chi connectivity index (χ0) is 15.3. The summed E-state index contributed by atoms with van der Waals surface area (Å²) in [6.45, 7) is 1.15. The first-order chi connectivity index (χ1) is 9.26. The minimum atomic E-state index is -3.90. The van der Waals surface area contributed by atoms with E-state index in [1.807, 2.05) is 0 Å². The fraction of sp³-hybridized carbons (Fsp3) is 0.333. The van der Waals surface area contributed by atoms with Crippen molar-refractivity contribution in [3.63, 3.8) is 0 Å². The Bertz CT molecular complexity index is 595. The lowest BCUT2D eigenvalue weighted by Crippen LogP contribution is -2.37. The molecule has 0 fully saturated rings. The number of anilines is 1. The molecule has 0 spiro atoms. The molecule has 3 N–H and O–H groups in total. The van der Waals surface area contributed by atoms with Crippen molar-refractivity contribution in [2.75, 3.05) is 18.2 Å². The first kappa shape index (κ1) is 16.0. The van der Waals surface area contributed by atoms with Gasteiger partial charge in [-0.1, -0.05) is 0 Å². The van der Waals surface area contributed by atoms with Gasteiger partial charge in [-0.2, -0.15) is 0 Å². The highest BCUT2D eigenvalue weighted by Crippen LogP contribution is 2.15. The van der Waals surface area contributed by atoms with Gasteiger partial charge in [0.25, 0.3) is 0 Å². The molecule has 1 unspecified atom stereocenters. The second-order valence-electron chi connectivity index (χ2n) is 4.13. The first-order valence-corrected chi connectivity index (χ1v) is 7.42. The van der Waals surface area contributed by atoms with Crippen LogP contribution in [-0.4, -0.2) is 38.3 Å². The quantitative estimate of drug-likeness (QED) is 0.762. The van der Waals surface area contributed by atoms with Crippen LogP contribution >= 0.6 is 0 Å². The van der Waals surface area contributed by atoms with Crippen LogP contribution in [0.3, 0.4) is 0 Å². The Balaban J connectivity index is 2.70. The van der Waals surface area contributed by atoms with Crippen molar-refractivity contribution in [3.05, 3.63) is 24.3 Å². The molecule has 0 saturated carbocycles. The van der Waals surface area contributed by atoms with E-state index in [1.165, 1.54) is 7.11 Å². The minimum Gasteiger partial charge on any atom is -0.497 e. The van der Waals surface area contributed by atoms with E-state index in [4.69, 9.17) is 10.5 Å². The molecule has 8 heteroatoms. The van der Waals surface area contributed by atoms with Gasteiger partial charge in [-0.25, -0.2) is 8.42 Å². The van der Waals surface area contributed by atoms with Gasteiger partial charge in [-0.05, 0) is 31.2 Å². The molecule has 0 saturated heterocycles. The average molecular weight is 300 g/mol. The molecule has 2 amide bonds. The lowest BCUT2D eigenvalue weighted by atomic mass is 10.3. The molecular formula is C12H16N2O5S. The highest BCUT2D eigenvalue weighted by Gasteiger charge is 2.28. The molecule has 0 aromatic heterocycles. The summed E-state index contributed by atoms with van der Waals surface area (Å²) in [5.74, 6) is -1.91. The molecule has 0 radical (unpaired) electrons. The molecule has 1 rings (SSSR count). The number of carbonyl (C=O) groups excluding carboxylic acids is 2. The number of hydrogen-bond donors (Lipinski definition) is 2. The second kappa shape index (κ2) is 6.38. The van der Waals surface area contributed by atoms with Crippen molar-refractivity contribution in [1.29, 1.82) is 0 Å². The molecule has 110 valence electrons. The normalized spacial score (nSPS) is 12.5. The predicted octanol–water partition coefficient (Wildman–Crippen LogP) is -0.0777. The van der Waals surface area contributed by atoms with Gasteiger partial charge >= 0.3 is 0 Å². The SMILES string of the molecule is COc1ccc(NC(=O)CS(=O)(=O)C(C)C(N)=O)cc1. The van der Waals surface area contributed by atoms with Gasteiger partial charge in [0.1, 0.15) is 16.8 Å². The number of ether oxygens (including phenoxy) is 1. The van der Waals surface area contributed by atoms with Crippen molar-refractivity contribution in [1.82, 2.24) is 0 Å². The summed E-state index contributed by atoms with van der Waals surface area (Å²) in [6.07, 6.45) is 0. The van der Waals surface area contributed by atoms with Crippen molar-refractivity contribution in [2.24, 2.45) is 5.73 Å². The van der Waals surface area contributed by atoms with Gasteiger partial charge in [0, 0.05) is 5.69 Å². The maximum absolute atomic E-state index is 11.7. The Morgan fingerprint density at radius 2 is 1.85 bits per heavy atom. The predicted molar refractivity (Wildman–Crippen MR) is 74.1 cm³/mol. The lowest BCUT2D eigenvalue weighted by Gasteiger charge is -2.10. The number of hydrogen-bond acceptors (Lipinski definition) is 5. The minimum absolute atomic E-state index is 0.428. The van der Waals surface area contributed by atoms with Crippen LogP contribution in [0.1, 0.15) is 6.92 Å². The third kappa shape index (κ3) is 4.23. The van der Waals surface area contributed by atoms with Crippen molar-refractivity contribution in [3.8, 4) is 5.75 Å². The van der Waals surface area contributed by atoms with Crippen LogP contribution in [0.25, 0.3) is 0 Å². The summed E-state index contributed by atoms with van der Waals surface area (Å²) in [7, 11) is -2.40. The molecule has 0 aliphatic heterocycles. The topological polar surface area (TPSA) is 116 Å². The number of sulfone groups is 1. The van der Waals surface area contributed by atoms with Crippen LogP contribution in [0.2, 0.25) is 0 Å². The van der Waals surface area contributed by atoms with Crippen LogP contribution in [0.4, 0.5) is 5.69 Å². The highest BCUT2D eigenvalue weighted by atomic mass is 32.2. The maximum Gasteiger partial charge on any atom is 0.239 e. The zero-order valence-electron chi connectivity index (χ0n) is 11.1. The molecule has 0 bridgehead atoms. The van der Waals surface area contributed by atoms with E-state index in [0.29, 0.717) is 11.4 Å². The average Bonchev–Trinajstić information content (AvgIpc) is 2.37. The van der Waals surface area contributed by atoms with Gasteiger partial charge in [0.15, 0.2) is 9.84 Å². The van der Waals surface area contributed by atoms with Crippen molar-refractivity contribution in [2.45, 2.75) is 12.2 Å². The molecule has 7 nitrogen and oxygen atoms in total. The van der Waals surface area contributed by atoms with E-state index in [9.17, 15) is 18.0 Å². The Morgan fingerprint density at radius 1 is 1.30 bits per heavy atom. The summed E-state index contributed by atoms with van der Waals surface area (Å²) in [4.78, 5) is 22.5. The standard InChI is InChI=1S/C12H16N2O5S/c1-8(12(13)16)20(17,18)7-11(15)14-9-3-5-10(19-2)6-4-9/h3-6,8H,7H2,1-2H3,(H2,13,16)(H,14,15). The summed E-state index contributed by atoms with van der Waals surface area (Å²) in [5, 5.41) is 1.02. The van der Waals surface area contributed by atoms with Crippen LogP contribution in [0.5, 0.6) is 5.75 Å². The monoisotopic (exact) mass is 300 g/mol. The number of amides is 2. The number of benzene rings is 1. The van der Waals surface area contributed by atoms with Crippen LogP contribution in [0.15, 0.2) is 24.3 Å². The number of nitrogens with one attached hydrogen (secondary N) is 1. The zero-order valence-corrected chi connectivity index (χ0v) is 11.9. The molecule has 1 aromatic rings. The summed E-state index contributed by atoms with van der Waals surface area (Å²) in [6, 6.07) is 6.38. The number of primary amides is 1. The molecule has 1 aromatic carbocycles. The molecule has 1 atom stereocenters. The molecular weight excluding hydrogens is 284 g/mol. The largest absolute Gasteiger partial charge is 0.497 e. The third-order valence-corrected chi connectivity index (χ3v) is 4.62. The third-order valence-electron chi connectivity index (χ3n) is 2.65. The van der Waals surface area contributed by atoms with E-state index in [0.717, 1.165) is 6.92 Å². The highest BCUT2D eigenvalue weighted by molar-refractivity contribution is 7.93. The van der Waals surface area contributed by atoms with Gasteiger partial charge < -0.3 is 15.8 Å². The summed E-state index contributed by atoms with van der Waals surface area (Å²) >= 11 is 0. The smallest absolute Gasteiger partial charge is 0.239 e. The van der Waals surface area contributed by atoms with E-state index in [2.05, 4.69) is 5.32 Å². The molecule has 0 heterocycles. The molecule has 20 heavy (non-hydrogen) atoms. The van der Waals surface area contributed by atoms with Gasteiger partial charge in [-0.3, -0.25) is 9.59 Å². The second-order valence-corrected chi connectivity index (χ2v) is 6.45. The van der Waals surface area contributed by atoms with Gasteiger partial charge in [0.05, 0.1) is 7.11 Å². The maximum atomic E-state index is 11.7. The fourth-order valence-corrected chi connectivity index (χ4v) is 2.40.